The number of nitrogens with one attached hydrogen (secondary N) is 2. The van der Waals surface area contributed by atoms with Crippen LogP contribution in [0.1, 0.15) is 0 Å². The maximum Gasteiger partial charge on any atom is 0.413 e. The molecule has 0 saturated heterocycles. The van der Waals surface area contributed by atoms with Crippen LogP contribution in [0.4, 0.5) is 10.7 Å². The number of aromatic nitrogens is 2. The summed E-state index contributed by atoms with van der Waals surface area (Å²) in [5, 5.41) is 2.46. The summed E-state index contributed by atoms with van der Waals surface area (Å²) in [6.45, 7) is 0. The first kappa shape index (κ1) is 14.3. The zero-order chi connectivity index (χ0) is 15.5. The number of ether oxygens (including phenoxy) is 1. The minimum absolute atomic E-state index is 0.282. The monoisotopic (exact) mass is 315 g/mol. The van der Waals surface area contributed by atoms with Crippen molar-refractivity contribution in [1.82, 2.24) is 9.97 Å². The molecule has 0 radical (unpaired) electrons. The molecule has 3 aromatic rings. The minimum atomic E-state index is -1.27. The molecular weight excluding hydrogens is 302 g/mol. The van der Waals surface area contributed by atoms with Crippen LogP contribution < -0.4 is 5.32 Å². The molecule has 6 nitrogen and oxygen atoms in total. The number of anilines is 1. The first-order valence-corrected chi connectivity index (χ1v) is 7.64. The molecule has 1 amide bonds. The molecule has 1 heterocycles. The molecule has 1 atom stereocenters. The Morgan fingerprint density at radius 3 is 2.68 bits per heavy atom. The topological polar surface area (TPSA) is 84.1 Å². The van der Waals surface area contributed by atoms with Gasteiger partial charge in [-0.25, -0.2) is 14.0 Å². The van der Waals surface area contributed by atoms with E-state index in [0.717, 1.165) is 4.90 Å². The van der Waals surface area contributed by atoms with E-state index >= 15 is 0 Å². The standard InChI is InChI=1S/C15H13N3O3S/c1-21-15(19)18-14-16-12-8-7-11(9-13(12)17-14)22(20)10-5-3-2-4-6-10/h2-9H,1H3,(H2,16,17,18,19)/t22-/m1/s1. The summed E-state index contributed by atoms with van der Waals surface area (Å²) in [6.07, 6.45) is -0.604. The molecule has 0 saturated carbocycles. The second-order valence-electron chi connectivity index (χ2n) is 4.46. The Bertz CT molecular complexity index is 846. The fraction of sp³-hybridized carbons (Fsp3) is 0.0667. The molecule has 0 aliphatic carbocycles. The van der Waals surface area contributed by atoms with Gasteiger partial charge >= 0.3 is 6.09 Å². The van der Waals surface area contributed by atoms with Crippen molar-refractivity contribution < 1.29 is 13.7 Å². The van der Waals surface area contributed by atoms with Gasteiger partial charge in [-0.2, -0.15) is 0 Å². The Hall–Kier alpha value is -2.67. The summed E-state index contributed by atoms with van der Waals surface area (Å²) in [7, 11) is 0.0112. The first-order valence-electron chi connectivity index (χ1n) is 6.49. The van der Waals surface area contributed by atoms with Crippen molar-refractivity contribution in [3.8, 4) is 0 Å². The number of methoxy groups -OCH3 is 1. The molecule has 2 aromatic carbocycles. The zero-order valence-corrected chi connectivity index (χ0v) is 12.5. The lowest BCUT2D eigenvalue weighted by molar-refractivity contribution is 0.186. The van der Waals surface area contributed by atoms with Crippen LogP contribution in [-0.4, -0.2) is 27.4 Å². The number of rotatable bonds is 3. The molecule has 0 unspecified atom stereocenters. The number of imidazole rings is 1. The third kappa shape index (κ3) is 2.84. The number of H-pyrrole nitrogens is 1. The SMILES string of the molecule is COC(=O)Nc1nc2ccc([S@](=O)c3ccccc3)cc2[nH]1. The molecule has 0 aliphatic rings. The van der Waals surface area contributed by atoms with Gasteiger partial charge in [-0.05, 0) is 30.3 Å². The lowest BCUT2D eigenvalue weighted by Gasteiger charge is -2.01. The molecule has 7 heteroatoms. The lowest BCUT2D eigenvalue weighted by atomic mass is 10.3. The second kappa shape index (κ2) is 5.98. The summed E-state index contributed by atoms with van der Waals surface area (Å²) >= 11 is 0. The van der Waals surface area contributed by atoms with E-state index in [9.17, 15) is 9.00 Å². The third-order valence-corrected chi connectivity index (χ3v) is 4.41. The summed E-state index contributed by atoms with van der Waals surface area (Å²) < 4.78 is 17.0. The van der Waals surface area contributed by atoms with Gasteiger partial charge < -0.3 is 9.72 Å². The average Bonchev–Trinajstić information content (AvgIpc) is 2.96. The van der Waals surface area contributed by atoms with Gasteiger partial charge in [0.25, 0.3) is 0 Å². The van der Waals surface area contributed by atoms with Crippen molar-refractivity contribution >= 4 is 33.9 Å². The van der Waals surface area contributed by atoms with Gasteiger partial charge in [-0.3, -0.25) is 5.32 Å². The highest BCUT2D eigenvalue weighted by atomic mass is 32.2. The number of benzene rings is 2. The van der Waals surface area contributed by atoms with Crippen LogP contribution in [0.3, 0.4) is 0 Å². The van der Waals surface area contributed by atoms with Gasteiger partial charge in [0.05, 0.1) is 28.9 Å². The molecule has 22 heavy (non-hydrogen) atoms. The van der Waals surface area contributed by atoms with Crippen molar-refractivity contribution in [2.45, 2.75) is 9.79 Å². The van der Waals surface area contributed by atoms with Crippen LogP contribution in [-0.2, 0) is 15.5 Å². The first-order chi connectivity index (χ1) is 10.7. The molecule has 0 spiro atoms. The third-order valence-electron chi connectivity index (χ3n) is 3.03. The van der Waals surface area contributed by atoms with Crippen LogP contribution in [0.5, 0.6) is 0 Å². The van der Waals surface area contributed by atoms with Crippen molar-refractivity contribution in [2.75, 3.05) is 12.4 Å². The number of amides is 1. The number of hydrogen-bond acceptors (Lipinski definition) is 4. The zero-order valence-electron chi connectivity index (χ0n) is 11.7. The van der Waals surface area contributed by atoms with Crippen LogP contribution >= 0.6 is 0 Å². The molecule has 1 aromatic heterocycles. The average molecular weight is 315 g/mol. The van der Waals surface area contributed by atoms with E-state index in [0.29, 0.717) is 15.9 Å². The Balaban J connectivity index is 1.93. The van der Waals surface area contributed by atoms with E-state index < -0.39 is 16.9 Å². The molecule has 0 aliphatic heterocycles. The lowest BCUT2D eigenvalue weighted by Crippen LogP contribution is -2.11. The van der Waals surface area contributed by atoms with Gasteiger partial charge in [0.1, 0.15) is 0 Å². The molecule has 112 valence electrons. The van der Waals surface area contributed by atoms with Gasteiger partial charge in [-0.1, -0.05) is 18.2 Å². The summed E-state index contributed by atoms with van der Waals surface area (Å²) in [4.78, 5) is 19.7. The highest BCUT2D eigenvalue weighted by Crippen LogP contribution is 2.21. The summed E-state index contributed by atoms with van der Waals surface area (Å²) in [5.74, 6) is 0.282. The number of aromatic amines is 1. The number of hydrogen-bond donors (Lipinski definition) is 2. The van der Waals surface area contributed by atoms with Crippen molar-refractivity contribution in [3.63, 3.8) is 0 Å². The molecule has 0 bridgehead atoms. The van der Waals surface area contributed by atoms with E-state index in [4.69, 9.17) is 0 Å². The van der Waals surface area contributed by atoms with Crippen molar-refractivity contribution in [2.24, 2.45) is 0 Å². The normalized spacial score (nSPS) is 12.0. The fourth-order valence-corrected chi connectivity index (χ4v) is 3.08. The van der Waals surface area contributed by atoms with Crippen LogP contribution in [0.25, 0.3) is 11.0 Å². The second-order valence-corrected chi connectivity index (χ2v) is 5.94. The van der Waals surface area contributed by atoms with Crippen molar-refractivity contribution in [1.29, 1.82) is 0 Å². The Morgan fingerprint density at radius 2 is 1.95 bits per heavy atom. The quantitative estimate of drug-likeness (QED) is 0.778. The largest absolute Gasteiger partial charge is 0.453 e. The van der Waals surface area contributed by atoms with Gasteiger partial charge in [0.2, 0.25) is 5.95 Å². The van der Waals surface area contributed by atoms with Gasteiger partial charge in [0, 0.05) is 9.79 Å². The minimum Gasteiger partial charge on any atom is -0.453 e. The van der Waals surface area contributed by atoms with Crippen LogP contribution in [0, 0.1) is 0 Å². The predicted molar refractivity (Wildman–Crippen MR) is 83.2 cm³/mol. The van der Waals surface area contributed by atoms with E-state index in [1.54, 1.807) is 18.2 Å². The molecule has 0 fully saturated rings. The predicted octanol–water partition coefficient (Wildman–Crippen LogP) is 2.91. The van der Waals surface area contributed by atoms with E-state index in [1.807, 2.05) is 30.3 Å². The van der Waals surface area contributed by atoms with E-state index in [1.165, 1.54) is 7.11 Å². The highest BCUT2D eigenvalue weighted by molar-refractivity contribution is 7.85. The Morgan fingerprint density at radius 1 is 1.18 bits per heavy atom. The number of fused-ring (bicyclic) bond motifs is 1. The van der Waals surface area contributed by atoms with Crippen LogP contribution in [0.2, 0.25) is 0 Å². The van der Waals surface area contributed by atoms with Crippen molar-refractivity contribution in [3.05, 3.63) is 48.5 Å². The Kier molecular flexibility index (Phi) is 3.88. The molecule has 2 N–H and O–H groups in total. The van der Waals surface area contributed by atoms with Gasteiger partial charge in [-0.15, -0.1) is 0 Å². The van der Waals surface area contributed by atoms with Crippen LogP contribution in [0.15, 0.2) is 58.3 Å². The number of carbonyl (C=O) groups excluding carboxylic acids is 1. The smallest absolute Gasteiger partial charge is 0.413 e. The van der Waals surface area contributed by atoms with Gasteiger partial charge in [0.15, 0.2) is 0 Å². The van der Waals surface area contributed by atoms with E-state index in [2.05, 4.69) is 20.0 Å². The summed E-state index contributed by atoms with van der Waals surface area (Å²) in [5.41, 5.74) is 1.35. The highest BCUT2D eigenvalue weighted by Gasteiger charge is 2.11. The number of nitrogens with zero attached hydrogens (tertiary/aromatic N) is 1. The maximum atomic E-state index is 12.5. The Labute approximate surface area is 129 Å². The molecular formula is C15H13N3O3S. The maximum absolute atomic E-state index is 12.5. The summed E-state index contributed by atoms with van der Waals surface area (Å²) in [6, 6.07) is 14.5. The fourth-order valence-electron chi connectivity index (χ4n) is 1.99. The molecule has 3 rings (SSSR count). The van der Waals surface area contributed by atoms with E-state index in [-0.39, 0.29) is 5.95 Å². The number of carbonyl (C=O) groups is 1.